The smallest absolute Gasteiger partial charge is 0.294 e. The van der Waals surface area contributed by atoms with Gasteiger partial charge in [0.25, 0.3) is 5.91 Å². The third-order valence-corrected chi connectivity index (χ3v) is 4.89. The van der Waals surface area contributed by atoms with Crippen molar-refractivity contribution in [3.8, 4) is 5.69 Å². The van der Waals surface area contributed by atoms with Crippen LogP contribution in [0, 0.1) is 12.8 Å². The summed E-state index contributed by atoms with van der Waals surface area (Å²) in [6, 6.07) is 8.02. The molecule has 1 amide bonds. The zero-order valence-corrected chi connectivity index (χ0v) is 17.0. The molecule has 27 heavy (non-hydrogen) atoms. The maximum atomic E-state index is 12.6. The van der Waals surface area contributed by atoms with Crippen molar-refractivity contribution in [1.82, 2.24) is 25.0 Å². The molecule has 8 heteroatoms. The number of nitrogens with zero attached hydrogens (tertiary/aromatic N) is 5. The normalized spacial score (nSPS) is 11.4. The first-order valence-corrected chi connectivity index (χ1v) is 9.83. The van der Waals surface area contributed by atoms with Gasteiger partial charge in [0.1, 0.15) is 10.8 Å². The predicted molar refractivity (Wildman–Crippen MR) is 107 cm³/mol. The second-order valence-corrected chi connectivity index (χ2v) is 8.22. The average molecular weight is 385 g/mol. The minimum absolute atomic E-state index is 0.117. The molecule has 0 unspecified atom stereocenters. The number of benzene rings is 1. The molecule has 3 aromatic rings. The molecule has 1 N–H and O–H groups in total. The minimum atomic E-state index is -0.383. The third kappa shape index (κ3) is 4.39. The highest BCUT2D eigenvalue weighted by molar-refractivity contribution is 7.15. The van der Waals surface area contributed by atoms with Crippen LogP contribution < -0.4 is 5.32 Å². The molecule has 2 heterocycles. The van der Waals surface area contributed by atoms with Gasteiger partial charge in [0.15, 0.2) is 0 Å². The van der Waals surface area contributed by atoms with Crippen LogP contribution in [0.15, 0.2) is 24.3 Å². The molecule has 142 valence electrons. The molecule has 1 aromatic carbocycles. The lowest BCUT2D eigenvalue weighted by Gasteiger charge is -2.12. The van der Waals surface area contributed by atoms with E-state index in [1.807, 2.05) is 25.1 Å². The van der Waals surface area contributed by atoms with Gasteiger partial charge in [-0.3, -0.25) is 10.1 Å². The number of para-hydroxylation sites is 1. The summed E-state index contributed by atoms with van der Waals surface area (Å²) in [5.74, 6) is 1.22. The summed E-state index contributed by atoms with van der Waals surface area (Å²) in [6.07, 6.45) is 0.839. The van der Waals surface area contributed by atoms with Crippen molar-refractivity contribution >= 4 is 22.4 Å². The van der Waals surface area contributed by atoms with E-state index in [0.717, 1.165) is 22.7 Å². The van der Waals surface area contributed by atoms with Crippen LogP contribution in [0.2, 0.25) is 0 Å². The number of carbonyl (C=O) groups is 1. The zero-order valence-electron chi connectivity index (χ0n) is 16.2. The highest BCUT2D eigenvalue weighted by Crippen LogP contribution is 2.23. The van der Waals surface area contributed by atoms with E-state index in [-0.39, 0.29) is 11.7 Å². The second kappa shape index (κ2) is 7.96. The summed E-state index contributed by atoms with van der Waals surface area (Å²) in [6.45, 7) is 10.3. The number of hydrogen-bond acceptors (Lipinski definition) is 6. The Balaban J connectivity index is 1.82. The van der Waals surface area contributed by atoms with Gasteiger partial charge in [-0.05, 0) is 30.4 Å². The number of hydrogen-bond donors (Lipinski definition) is 1. The van der Waals surface area contributed by atoms with E-state index in [2.05, 4.69) is 59.4 Å². The van der Waals surface area contributed by atoms with Crippen LogP contribution >= 0.6 is 11.3 Å². The number of rotatable bonds is 6. The quantitative estimate of drug-likeness (QED) is 0.694. The molecule has 0 radical (unpaired) electrons. The minimum Gasteiger partial charge on any atom is -0.294 e. The number of nitrogens with one attached hydrogen (secondary N) is 1. The fourth-order valence-electron chi connectivity index (χ4n) is 2.77. The van der Waals surface area contributed by atoms with Crippen molar-refractivity contribution in [2.75, 3.05) is 5.32 Å². The Bertz CT molecular complexity index is 943. The lowest BCUT2D eigenvalue weighted by Crippen LogP contribution is -2.14. The Hall–Kier alpha value is -2.61. The third-order valence-electron chi connectivity index (χ3n) is 4.03. The molecule has 2 aromatic heterocycles. The standard InChI is InChI=1S/C19H24N6OS/c1-11(2)10-16-22-23-19(27-16)21-18(26)17-20-13(5)25(24-17)15-9-7-6-8-14(15)12(3)4/h6-9,11-12H,10H2,1-5H3,(H,21,23,26). The molecule has 0 spiro atoms. The van der Waals surface area contributed by atoms with Gasteiger partial charge in [0.2, 0.25) is 11.0 Å². The van der Waals surface area contributed by atoms with Gasteiger partial charge >= 0.3 is 0 Å². The first-order valence-electron chi connectivity index (χ1n) is 9.01. The van der Waals surface area contributed by atoms with E-state index < -0.39 is 0 Å². The molecule has 7 nitrogen and oxygen atoms in total. The van der Waals surface area contributed by atoms with Gasteiger partial charge in [0, 0.05) is 6.42 Å². The highest BCUT2D eigenvalue weighted by atomic mass is 32.1. The Morgan fingerprint density at radius 3 is 2.63 bits per heavy atom. The van der Waals surface area contributed by atoms with Crippen LogP contribution in [0.25, 0.3) is 5.69 Å². The molecule has 0 aliphatic heterocycles. The Morgan fingerprint density at radius 1 is 1.19 bits per heavy atom. The van der Waals surface area contributed by atoms with Crippen LogP contribution in [-0.4, -0.2) is 30.9 Å². The lowest BCUT2D eigenvalue weighted by molar-refractivity contribution is 0.101. The fourth-order valence-corrected chi connectivity index (χ4v) is 3.72. The van der Waals surface area contributed by atoms with Crippen LogP contribution in [-0.2, 0) is 6.42 Å². The summed E-state index contributed by atoms with van der Waals surface area (Å²) in [5, 5.41) is 16.7. The molecule has 0 aliphatic rings. The Kier molecular flexibility index (Phi) is 5.65. The molecule has 0 saturated heterocycles. The van der Waals surface area contributed by atoms with Crippen LogP contribution in [0.5, 0.6) is 0 Å². The van der Waals surface area contributed by atoms with Gasteiger partial charge < -0.3 is 0 Å². The van der Waals surface area contributed by atoms with Gasteiger partial charge in [-0.1, -0.05) is 57.2 Å². The van der Waals surface area contributed by atoms with E-state index in [9.17, 15) is 4.79 Å². The van der Waals surface area contributed by atoms with Crippen molar-refractivity contribution in [2.45, 2.75) is 47.0 Å². The van der Waals surface area contributed by atoms with E-state index in [1.54, 1.807) is 4.68 Å². The highest BCUT2D eigenvalue weighted by Gasteiger charge is 2.19. The SMILES string of the molecule is Cc1nc(C(=O)Nc2nnc(CC(C)C)s2)nn1-c1ccccc1C(C)C. The van der Waals surface area contributed by atoms with Gasteiger partial charge in [-0.2, -0.15) is 0 Å². The maximum absolute atomic E-state index is 12.6. The topological polar surface area (TPSA) is 85.6 Å². The van der Waals surface area contributed by atoms with E-state index >= 15 is 0 Å². The molecule has 3 rings (SSSR count). The van der Waals surface area contributed by atoms with Crippen LogP contribution in [0.4, 0.5) is 5.13 Å². The molecule has 0 saturated carbocycles. The summed E-state index contributed by atoms with van der Waals surface area (Å²) in [5.41, 5.74) is 2.09. The Labute approximate surface area is 162 Å². The first-order chi connectivity index (χ1) is 12.8. The number of amides is 1. The molecule has 0 fully saturated rings. The number of aromatic nitrogens is 5. The summed E-state index contributed by atoms with van der Waals surface area (Å²) in [7, 11) is 0. The number of aryl methyl sites for hydroxylation is 1. The zero-order chi connectivity index (χ0) is 19.6. The van der Waals surface area contributed by atoms with Gasteiger partial charge in [0.05, 0.1) is 5.69 Å². The molecule has 0 atom stereocenters. The van der Waals surface area contributed by atoms with Crippen LogP contribution in [0.3, 0.4) is 0 Å². The molecular weight excluding hydrogens is 360 g/mol. The van der Waals surface area contributed by atoms with Crippen LogP contribution in [0.1, 0.15) is 60.6 Å². The van der Waals surface area contributed by atoms with Crippen molar-refractivity contribution in [1.29, 1.82) is 0 Å². The number of carbonyl (C=O) groups excluding carboxylic acids is 1. The van der Waals surface area contributed by atoms with E-state index in [4.69, 9.17) is 0 Å². The van der Waals surface area contributed by atoms with Crippen molar-refractivity contribution in [2.24, 2.45) is 5.92 Å². The van der Waals surface area contributed by atoms with E-state index in [0.29, 0.717) is 22.8 Å². The summed E-state index contributed by atoms with van der Waals surface area (Å²) >= 11 is 1.38. The lowest BCUT2D eigenvalue weighted by atomic mass is 10.0. The largest absolute Gasteiger partial charge is 0.297 e. The predicted octanol–water partition coefficient (Wildman–Crippen LogP) is 4.00. The second-order valence-electron chi connectivity index (χ2n) is 7.16. The Morgan fingerprint density at radius 2 is 1.93 bits per heavy atom. The maximum Gasteiger partial charge on any atom is 0.297 e. The molecule has 0 aliphatic carbocycles. The van der Waals surface area contributed by atoms with Crippen molar-refractivity contribution in [3.05, 3.63) is 46.5 Å². The molecule has 0 bridgehead atoms. The van der Waals surface area contributed by atoms with Crippen molar-refractivity contribution in [3.63, 3.8) is 0 Å². The summed E-state index contributed by atoms with van der Waals surface area (Å²) in [4.78, 5) is 16.9. The van der Waals surface area contributed by atoms with Crippen molar-refractivity contribution < 1.29 is 4.79 Å². The van der Waals surface area contributed by atoms with E-state index in [1.165, 1.54) is 11.3 Å². The monoisotopic (exact) mass is 384 g/mol. The van der Waals surface area contributed by atoms with Gasteiger partial charge in [-0.15, -0.1) is 15.3 Å². The first kappa shape index (κ1) is 19.2. The van der Waals surface area contributed by atoms with Gasteiger partial charge in [-0.25, -0.2) is 9.67 Å². The fraction of sp³-hybridized carbons (Fsp3) is 0.421. The summed E-state index contributed by atoms with van der Waals surface area (Å²) < 4.78 is 1.72. The molecular formula is C19H24N6OS. The average Bonchev–Trinajstić information content (AvgIpc) is 3.20. The number of anilines is 1.